The molecule has 1 fully saturated rings. The van der Waals surface area contributed by atoms with Gasteiger partial charge in [0.05, 0.1) is 18.3 Å². The summed E-state index contributed by atoms with van der Waals surface area (Å²) >= 11 is 1.53. The lowest BCUT2D eigenvalue weighted by Crippen LogP contribution is -2.44. The Kier molecular flexibility index (Phi) is 10.6. The lowest BCUT2D eigenvalue weighted by Gasteiger charge is -2.31. The van der Waals surface area contributed by atoms with Crippen LogP contribution in [-0.4, -0.2) is 30.6 Å². The van der Waals surface area contributed by atoms with E-state index in [-0.39, 0.29) is 36.8 Å². The Morgan fingerprint density at radius 3 is 2.75 bits per heavy atom. The minimum Gasteiger partial charge on any atom is -0.493 e. The lowest BCUT2D eigenvalue weighted by atomic mass is 9.84. The van der Waals surface area contributed by atoms with Crippen LogP contribution in [0.4, 0.5) is 0 Å². The van der Waals surface area contributed by atoms with Gasteiger partial charge in [0.2, 0.25) is 0 Å². The first kappa shape index (κ1) is 24.5. The molecule has 1 aliphatic carbocycles. The van der Waals surface area contributed by atoms with Crippen LogP contribution in [0.15, 0.2) is 29.1 Å². The molecule has 3 N–H and O–H groups in total. The molecule has 1 heterocycles. The number of amides is 1. The fourth-order valence-electron chi connectivity index (χ4n) is 3.32. The summed E-state index contributed by atoms with van der Waals surface area (Å²) in [5.74, 6) is 1.39. The van der Waals surface area contributed by atoms with E-state index in [2.05, 4.69) is 10.3 Å². The van der Waals surface area contributed by atoms with E-state index in [1.165, 1.54) is 17.8 Å². The van der Waals surface area contributed by atoms with Crippen molar-refractivity contribution in [3.8, 4) is 11.5 Å². The van der Waals surface area contributed by atoms with Gasteiger partial charge in [-0.25, -0.2) is 4.98 Å². The molecule has 1 amide bonds. The Balaban J connectivity index is 0.00000196. The average molecular weight is 448 g/mol. The Labute approximate surface area is 182 Å². The predicted octanol–water partition coefficient (Wildman–Crippen LogP) is 3.82. The van der Waals surface area contributed by atoms with Crippen molar-refractivity contribution in [3.05, 3.63) is 40.3 Å². The Bertz CT molecular complexity index is 731. The molecular weight excluding hydrogens is 421 g/mol. The number of nitrogens with two attached hydrogens (primary N) is 1. The third kappa shape index (κ3) is 6.24. The maximum Gasteiger partial charge on any atom is 0.251 e. The van der Waals surface area contributed by atoms with Crippen LogP contribution in [0.3, 0.4) is 0 Å². The van der Waals surface area contributed by atoms with Gasteiger partial charge >= 0.3 is 0 Å². The molecule has 9 heteroatoms. The first-order chi connectivity index (χ1) is 12.7. The van der Waals surface area contributed by atoms with Crippen LogP contribution in [0.25, 0.3) is 0 Å². The number of carbonyl (C=O) groups is 1. The van der Waals surface area contributed by atoms with Gasteiger partial charge in [-0.3, -0.25) is 4.79 Å². The topological polar surface area (TPSA) is 86.5 Å². The van der Waals surface area contributed by atoms with Gasteiger partial charge in [0.15, 0.2) is 11.5 Å². The number of carbonyl (C=O) groups excluding carboxylic acids is 1. The number of nitrogens with zero attached hydrogens (tertiary/aromatic N) is 1. The van der Waals surface area contributed by atoms with Crippen molar-refractivity contribution in [1.29, 1.82) is 0 Å². The zero-order valence-electron chi connectivity index (χ0n) is 15.8. The van der Waals surface area contributed by atoms with E-state index in [4.69, 9.17) is 15.2 Å². The maximum atomic E-state index is 12.6. The standard InChI is InChI=1S/C19H25N3O3S.2ClH/c1-24-18-8-13(6-7-17(18)25-10-15-11-26-12-21-15)19(23)22-16-5-3-2-4-14(16)9-20;;/h6-8,11-12,14,16H,2-5,9-10,20H2,1H3,(H,22,23);2*1H. The summed E-state index contributed by atoms with van der Waals surface area (Å²) in [5, 5.41) is 5.07. The molecule has 156 valence electrons. The number of thiazole rings is 1. The number of hydrogen-bond acceptors (Lipinski definition) is 6. The van der Waals surface area contributed by atoms with Gasteiger partial charge in [0, 0.05) is 17.0 Å². The molecule has 0 spiro atoms. The predicted molar refractivity (Wildman–Crippen MR) is 116 cm³/mol. The molecule has 0 saturated heterocycles. The molecule has 1 aliphatic rings. The first-order valence-electron chi connectivity index (χ1n) is 8.90. The number of methoxy groups -OCH3 is 1. The van der Waals surface area contributed by atoms with Crippen molar-refractivity contribution in [2.45, 2.75) is 38.3 Å². The fourth-order valence-corrected chi connectivity index (χ4v) is 3.86. The van der Waals surface area contributed by atoms with Crippen LogP contribution in [0.1, 0.15) is 41.7 Å². The van der Waals surface area contributed by atoms with Gasteiger partial charge in [0.25, 0.3) is 5.91 Å². The normalized spacial score (nSPS) is 18.4. The first-order valence-corrected chi connectivity index (χ1v) is 9.84. The van der Waals surface area contributed by atoms with Crippen LogP contribution >= 0.6 is 36.2 Å². The highest BCUT2D eigenvalue weighted by Crippen LogP contribution is 2.29. The highest BCUT2D eigenvalue weighted by molar-refractivity contribution is 7.07. The number of nitrogens with one attached hydrogen (secondary N) is 1. The molecule has 28 heavy (non-hydrogen) atoms. The third-order valence-electron chi connectivity index (χ3n) is 4.81. The number of hydrogen-bond donors (Lipinski definition) is 2. The van der Waals surface area contributed by atoms with Crippen molar-refractivity contribution in [1.82, 2.24) is 10.3 Å². The van der Waals surface area contributed by atoms with Crippen molar-refractivity contribution in [3.63, 3.8) is 0 Å². The number of benzene rings is 1. The summed E-state index contributed by atoms with van der Waals surface area (Å²) in [5.41, 5.74) is 9.05. The molecule has 2 aromatic rings. The van der Waals surface area contributed by atoms with E-state index in [1.807, 2.05) is 5.38 Å². The van der Waals surface area contributed by atoms with Crippen LogP contribution in [0.2, 0.25) is 0 Å². The second kappa shape index (κ2) is 12.1. The van der Waals surface area contributed by atoms with Gasteiger partial charge in [-0.15, -0.1) is 36.2 Å². The van der Waals surface area contributed by atoms with Crippen molar-refractivity contribution < 1.29 is 14.3 Å². The third-order valence-corrected chi connectivity index (χ3v) is 5.45. The summed E-state index contributed by atoms with van der Waals surface area (Å²) in [4.78, 5) is 16.8. The Morgan fingerprint density at radius 1 is 1.29 bits per heavy atom. The molecule has 0 radical (unpaired) electrons. The van der Waals surface area contributed by atoms with Gasteiger partial charge in [-0.1, -0.05) is 12.8 Å². The molecule has 0 bridgehead atoms. The minimum atomic E-state index is -0.0975. The molecule has 3 rings (SSSR count). The zero-order chi connectivity index (χ0) is 18.4. The van der Waals surface area contributed by atoms with E-state index in [0.717, 1.165) is 25.0 Å². The number of aromatic nitrogens is 1. The number of rotatable bonds is 7. The summed E-state index contributed by atoms with van der Waals surface area (Å²) in [6.45, 7) is 0.976. The molecule has 1 aromatic carbocycles. The van der Waals surface area contributed by atoms with Crippen molar-refractivity contribution in [2.24, 2.45) is 11.7 Å². The highest BCUT2D eigenvalue weighted by atomic mass is 35.5. The summed E-state index contributed by atoms with van der Waals surface area (Å²) in [6, 6.07) is 5.38. The molecule has 2 atom stereocenters. The lowest BCUT2D eigenvalue weighted by molar-refractivity contribution is 0.0907. The second-order valence-corrected chi connectivity index (χ2v) is 7.21. The molecule has 0 aliphatic heterocycles. The van der Waals surface area contributed by atoms with E-state index in [0.29, 0.717) is 36.1 Å². The largest absolute Gasteiger partial charge is 0.493 e. The molecule has 6 nitrogen and oxygen atoms in total. The SMILES string of the molecule is COc1cc(C(=O)NC2CCCCC2CN)ccc1OCc1cscn1.Cl.Cl. The van der Waals surface area contributed by atoms with Crippen LogP contribution in [0, 0.1) is 5.92 Å². The molecular formula is C19H27Cl2N3O3S. The van der Waals surface area contributed by atoms with Crippen LogP contribution in [0.5, 0.6) is 11.5 Å². The summed E-state index contributed by atoms with van der Waals surface area (Å²) in [7, 11) is 1.57. The van der Waals surface area contributed by atoms with Crippen molar-refractivity contribution in [2.75, 3.05) is 13.7 Å². The Morgan fingerprint density at radius 2 is 2.07 bits per heavy atom. The van der Waals surface area contributed by atoms with E-state index < -0.39 is 0 Å². The fraction of sp³-hybridized carbons (Fsp3) is 0.474. The van der Waals surface area contributed by atoms with E-state index in [1.54, 1.807) is 30.8 Å². The van der Waals surface area contributed by atoms with E-state index in [9.17, 15) is 4.79 Å². The van der Waals surface area contributed by atoms with Gasteiger partial charge < -0.3 is 20.5 Å². The van der Waals surface area contributed by atoms with Crippen LogP contribution in [-0.2, 0) is 6.61 Å². The van der Waals surface area contributed by atoms with Crippen LogP contribution < -0.4 is 20.5 Å². The smallest absolute Gasteiger partial charge is 0.251 e. The number of halogens is 2. The van der Waals surface area contributed by atoms with Crippen molar-refractivity contribution >= 4 is 42.1 Å². The van der Waals surface area contributed by atoms with Gasteiger partial charge in [-0.2, -0.15) is 0 Å². The highest BCUT2D eigenvalue weighted by Gasteiger charge is 2.26. The average Bonchev–Trinajstić information content (AvgIpc) is 3.20. The monoisotopic (exact) mass is 447 g/mol. The zero-order valence-corrected chi connectivity index (χ0v) is 18.2. The molecule has 1 saturated carbocycles. The summed E-state index contributed by atoms with van der Waals surface area (Å²) < 4.78 is 11.2. The maximum absolute atomic E-state index is 12.6. The molecule has 2 unspecified atom stereocenters. The quantitative estimate of drug-likeness (QED) is 0.673. The van der Waals surface area contributed by atoms with Gasteiger partial charge in [0.1, 0.15) is 6.61 Å². The summed E-state index contributed by atoms with van der Waals surface area (Å²) in [6.07, 6.45) is 4.38. The number of ether oxygens (including phenoxy) is 2. The Hall–Kier alpha value is -1.54. The minimum absolute atomic E-state index is 0. The van der Waals surface area contributed by atoms with E-state index >= 15 is 0 Å². The van der Waals surface area contributed by atoms with Gasteiger partial charge in [-0.05, 0) is 43.5 Å². The second-order valence-electron chi connectivity index (χ2n) is 6.49. The molecule has 1 aromatic heterocycles.